The molecule has 0 fully saturated rings. The Morgan fingerprint density at radius 3 is 3.00 bits per heavy atom. The lowest BCUT2D eigenvalue weighted by molar-refractivity contribution is 0.299. The molecule has 1 unspecified atom stereocenters. The summed E-state index contributed by atoms with van der Waals surface area (Å²) in [6.45, 7) is 3.38. The normalized spacial score (nSPS) is 19.4. The van der Waals surface area contributed by atoms with Crippen LogP contribution in [0.1, 0.15) is 37.8 Å². The highest BCUT2D eigenvalue weighted by Gasteiger charge is 2.23. The monoisotopic (exact) mass is 241 g/mol. The van der Waals surface area contributed by atoms with E-state index in [1.54, 1.807) is 0 Å². The van der Waals surface area contributed by atoms with Crippen LogP contribution in [0, 0.1) is 11.6 Å². The Hall–Kier alpha value is -1.16. The van der Waals surface area contributed by atoms with Crippen molar-refractivity contribution in [2.75, 3.05) is 13.2 Å². The van der Waals surface area contributed by atoms with Gasteiger partial charge in [-0.15, -0.1) is 0 Å². The summed E-state index contributed by atoms with van der Waals surface area (Å²) < 4.78 is 32.2. The number of hydrogen-bond acceptors (Lipinski definition) is 2. The fourth-order valence-corrected chi connectivity index (χ4v) is 2.14. The first kappa shape index (κ1) is 12.3. The van der Waals surface area contributed by atoms with E-state index < -0.39 is 11.6 Å². The molecule has 17 heavy (non-hydrogen) atoms. The molecule has 1 aliphatic rings. The van der Waals surface area contributed by atoms with Crippen LogP contribution in [0.4, 0.5) is 8.78 Å². The highest BCUT2D eigenvalue weighted by Crippen LogP contribution is 2.34. The molecule has 0 amide bonds. The van der Waals surface area contributed by atoms with Gasteiger partial charge in [0.15, 0.2) is 11.6 Å². The van der Waals surface area contributed by atoms with E-state index in [4.69, 9.17) is 4.74 Å². The Morgan fingerprint density at radius 1 is 1.41 bits per heavy atom. The molecule has 1 aromatic carbocycles. The van der Waals surface area contributed by atoms with Crippen molar-refractivity contribution < 1.29 is 13.5 Å². The molecule has 0 aliphatic carbocycles. The predicted octanol–water partition coefficient (Wildman–Crippen LogP) is 3.18. The summed E-state index contributed by atoms with van der Waals surface area (Å²) in [5, 5.41) is 3.31. The molecule has 1 aliphatic heterocycles. The Balaban J connectivity index is 2.33. The Bertz CT molecular complexity index is 395. The molecule has 0 bridgehead atoms. The van der Waals surface area contributed by atoms with Gasteiger partial charge in [-0.25, -0.2) is 8.78 Å². The Labute approximate surface area is 100.0 Å². The van der Waals surface area contributed by atoms with Gasteiger partial charge in [0.1, 0.15) is 5.82 Å². The highest BCUT2D eigenvalue weighted by atomic mass is 19.1. The van der Waals surface area contributed by atoms with Crippen LogP contribution < -0.4 is 10.1 Å². The molecule has 1 heterocycles. The van der Waals surface area contributed by atoms with Crippen molar-refractivity contribution in [3.63, 3.8) is 0 Å². The minimum atomic E-state index is -0.606. The van der Waals surface area contributed by atoms with Gasteiger partial charge in [-0.3, -0.25) is 0 Å². The lowest BCUT2D eigenvalue weighted by atomic mass is 10.0. The molecule has 2 rings (SSSR count). The van der Waals surface area contributed by atoms with Gasteiger partial charge in [0.2, 0.25) is 0 Å². The molecule has 0 aromatic heterocycles. The number of halogens is 2. The first-order chi connectivity index (χ1) is 8.22. The van der Waals surface area contributed by atoms with Crippen LogP contribution in [0.3, 0.4) is 0 Å². The number of rotatable bonds is 3. The molecule has 1 aromatic rings. The molecule has 0 saturated carbocycles. The lowest BCUT2D eigenvalue weighted by Gasteiger charge is -2.18. The third-order valence-electron chi connectivity index (χ3n) is 2.94. The average molecular weight is 241 g/mol. The summed E-state index contributed by atoms with van der Waals surface area (Å²) in [7, 11) is 0. The van der Waals surface area contributed by atoms with Crippen molar-refractivity contribution in [2.24, 2.45) is 0 Å². The summed E-state index contributed by atoms with van der Waals surface area (Å²) in [4.78, 5) is 0. The molecular weight excluding hydrogens is 224 g/mol. The topological polar surface area (TPSA) is 21.3 Å². The van der Waals surface area contributed by atoms with Crippen LogP contribution >= 0.6 is 0 Å². The van der Waals surface area contributed by atoms with Crippen molar-refractivity contribution in [3.05, 3.63) is 29.3 Å². The fraction of sp³-hybridized carbons (Fsp3) is 0.538. The zero-order chi connectivity index (χ0) is 12.3. The van der Waals surface area contributed by atoms with Crippen LogP contribution in [0.2, 0.25) is 0 Å². The van der Waals surface area contributed by atoms with E-state index in [2.05, 4.69) is 12.2 Å². The molecular formula is C13H17F2NO. The number of hydrogen-bond donors (Lipinski definition) is 1. The molecule has 1 atom stereocenters. The molecule has 1 N–H and O–H groups in total. The Morgan fingerprint density at radius 2 is 2.24 bits per heavy atom. The molecule has 0 radical (unpaired) electrons. The van der Waals surface area contributed by atoms with Gasteiger partial charge in [0, 0.05) is 17.7 Å². The predicted molar refractivity (Wildman–Crippen MR) is 62.1 cm³/mol. The maximum absolute atomic E-state index is 13.6. The SMILES string of the molecule is CCCNC1CCCOc2c(F)cc(F)cc21. The molecule has 4 heteroatoms. The van der Waals surface area contributed by atoms with Crippen molar-refractivity contribution in [2.45, 2.75) is 32.2 Å². The summed E-state index contributed by atoms with van der Waals surface area (Å²) in [6.07, 6.45) is 2.68. The highest BCUT2D eigenvalue weighted by molar-refractivity contribution is 5.38. The van der Waals surface area contributed by atoms with Crippen molar-refractivity contribution in [3.8, 4) is 5.75 Å². The molecule has 94 valence electrons. The molecule has 0 spiro atoms. The standard InChI is InChI=1S/C13H17F2NO/c1-2-5-16-12-4-3-6-17-13-10(12)7-9(14)8-11(13)15/h7-8,12,16H,2-6H2,1H3. The zero-order valence-electron chi connectivity index (χ0n) is 9.93. The lowest BCUT2D eigenvalue weighted by Crippen LogP contribution is -2.22. The third-order valence-corrected chi connectivity index (χ3v) is 2.94. The van der Waals surface area contributed by atoms with Gasteiger partial charge in [-0.1, -0.05) is 6.92 Å². The van der Waals surface area contributed by atoms with E-state index in [9.17, 15) is 8.78 Å². The largest absolute Gasteiger partial charge is 0.490 e. The van der Waals surface area contributed by atoms with E-state index in [-0.39, 0.29) is 11.8 Å². The maximum Gasteiger partial charge on any atom is 0.168 e. The van der Waals surface area contributed by atoms with Crippen LogP contribution in [-0.2, 0) is 0 Å². The summed E-state index contributed by atoms with van der Waals surface area (Å²) >= 11 is 0. The Kier molecular flexibility index (Phi) is 3.94. The fourth-order valence-electron chi connectivity index (χ4n) is 2.14. The van der Waals surface area contributed by atoms with E-state index in [0.717, 1.165) is 31.9 Å². The second-order valence-corrected chi connectivity index (χ2v) is 4.30. The second kappa shape index (κ2) is 5.45. The van der Waals surface area contributed by atoms with E-state index in [1.165, 1.54) is 6.07 Å². The van der Waals surface area contributed by atoms with Crippen LogP contribution in [0.15, 0.2) is 12.1 Å². The zero-order valence-corrected chi connectivity index (χ0v) is 9.93. The van der Waals surface area contributed by atoms with Crippen LogP contribution in [0.5, 0.6) is 5.75 Å². The van der Waals surface area contributed by atoms with Gasteiger partial charge in [0.25, 0.3) is 0 Å². The quantitative estimate of drug-likeness (QED) is 0.877. The average Bonchev–Trinajstić information content (AvgIpc) is 2.49. The number of ether oxygens (including phenoxy) is 1. The number of benzene rings is 1. The third kappa shape index (κ3) is 2.75. The van der Waals surface area contributed by atoms with Gasteiger partial charge in [-0.05, 0) is 31.9 Å². The van der Waals surface area contributed by atoms with Crippen molar-refractivity contribution in [1.82, 2.24) is 5.32 Å². The van der Waals surface area contributed by atoms with Crippen molar-refractivity contribution >= 4 is 0 Å². The van der Waals surface area contributed by atoms with Crippen molar-refractivity contribution in [1.29, 1.82) is 0 Å². The molecule has 0 saturated heterocycles. The first-order valence-corrected chi connectivity index (χ1v) is 6.07. The number of fused-ring (bicyclic) bond motifs is 1. The molecule has 2 nitrogen and oxygen atoms in total. The second-order valence-electron chi connectivity index (χ2n) is 4.30. The van der Waals surface area contributed by atoms with Gasteiger partial charge in [0.05, 0.1) is 6.61 Å². The summed E-state index contributed by atoms with van der Waals surface area (Å²) in [5.74, 6) is -0.947. The van der Waals surface area contributed by atoms with Gasteiger partial charge in [-0.2, -0.15) is 0 Å². The first-order valence-electron chi connectivity index (χ1n) is 6.07. The minimum Gasteiger partial charge on any atom is -0.490 e. The minimum absolute atomic E-state index is 0.0161. The van der Waals surface area contributed by atoms with E-state index in [1.807, 2.05) is 0 Å². The smallest absolute Gasteiger partial charge is 0.168 e. The number of nitrogens with one attached hydrogen (secondary N) is 1. The summed E-state index contributed by atoms with van der Waals surface area (Å²) in [6, 6.07) is 2.23. The van der Waals surface area contributed by atoms with Gasteiger partial charge < -0.3 is 10.1 Å². The maximum atomic E-state index is 13.6. The van der Waals surface area contributed by atoms with E-state index in [0.29, 0.717) is 12.2 Å². The summed E-state index contributed by atoms with van der Waals surface area (Å²) in [5.41, 5.74) is 0.605. The van der Waals surface area contributed by atoms with E-state index >= 15 is 0 Å². The van der Waals surface area contributed by atoms with Crippen LogP contribution in [0.25, 0.3) is 0 Å². The van der Waals surface area contributed by atoms with Crippen LogP contribution in [-0.4, -0.2) is 13.2 Å². The van der Waals surface area contributed by atoms with Gasteiger partial charge >= 0.3 is 0 Å².